The van der Waals surface area contributed by atoms with Crippen molar-refractivity contribution in [1.29, 1.82) is 0 Å². The molecule has 0 spiro atoms. The van der Waals surface area contributed by atoms with Crippen molar-refractivity contribution in [3.63, 3.8) is 0 Å². The van der Waals surface area contributed by atoms with Gasteiger partial charge in [0.1, 0.15) is 22.8 Å². The molecule has 32 heavy (non-hydrogen) atoms. The maximum atomic E-state index is 13.2. The predicted molar refractivity (Wildman–Crippen MR) is 120 cm³/mol. The van der Waals surface area contributed by atoms with Gasteiger partial charge in [0, 0.05) is 13.1 Å². The van der Waals surface area contributed by atoms with Crippen LogP contribution in [-0.4, -0.2) is 36.2 Å². The Bertz CT molecular complexity index is 1200. The Kier molecular flexibility index (Phi) is 6.19. The highest BCUT2D eigenvalue weighted by molar-refractivity contribution is 5.89. The van der Waals surface area contributed by atoms with Crippen LogP contribution in [0.4, 0.5) is 0 Å². The lowest BCUT2D eigenvalue weighted by Crippen LogP contribution is -2.33. The Morgan fingerprint density at radius 3 is 2.66 bits per heavy atom. The van der Waals surface area contributed by atoms with E-state index in [-0.39, 0.29) is 16.9 Å². The fraction of sp³-hybridized carbons (Fsp3) is 0.360. The first-order chi connectivity index (χ1) is 15.4. The summed E-state index contributed by atoms with van der Waals surface area (Å²) in [6, 6.07) is 9.41. The minimum atomic E-state index is -0.451. The largest absolute Gasteiger partial charge is 0.507 e. The quantitative estimate of drug-likeness (QED) is 0.583. The molecule has 2 heterocycles. The summed E-state index contributed by atoms with van der Waals surface area (Å²) in [7, 11) is 1.31. The van der Waals surface area contributed by atoms with E-state index in [9.17, 15) is 14.7 Å². The molecule has 1 unspecified atom stereocenters. The molecule has 1 fully saturated rings. The number of rotatable bonds is 5. The molecule has 2 aromatic carbocycles. The second-order valence-electron chi connectivity index (χ2n) is 8.36. The van der Waals surface area contributed by atoms with Crippen LogP contribution in [0.3, 0.4) is 0 Å². The molecular formula is C25H27NO6. The molecule has 1 saturated heterocycles. The first-order valence-electron chi connectivity index (χ1n) is 10.7. The third-order valence-electron chi connectivity index (χ3n) is 5.88. The molecule has 168 valence electrons. The van der Waals surface area contributed by atoms with Crippen molar-refractivity contribution in [2.45, 2.75) is 33.2 Å². The van der Waals surface area contributed by atoms with E-state index in [0.29, 0.717) is 46.1 Å². The smallest absolute Gasteiger partial charge is 0.337 e. The number of carbonyl (C=O) groups excluding carboxylic acids is 1. The normalized spacial score (nSPS) is 16.8. The topological polar surface area (TPSA) is 89.2 Å². The van der Waals surface area contributed by atoms with Crippen LogP contribution in [-0.2, 0) is 11.3 Å². The van der Waals surface area contributed by atoms with Gasteiger partial charge in [0.25, 0.3) is 0 Å². The van der Waals surface area contributed by atoms with Gasteiger partial charge in [-0.3, -0.25) is 9.69 Å². The highest BCUT2D eigenvalue weighted by atomic mass is 16.5. The first kappa shape index (κ1) is 21.9. The van der Waals surface area contributed by atoms with Crippen LogP contribution in [0.5, 0.6) is 17.2 Å². The van der Waals surface area contributed by atoms with Crippen LogP contribution in [0, 0.1) is 12.8 Å². The summed E-state index contributed by atoms with van der Waals surface area (Å²) >= 11 is 0. The van der Waals surface area contributed by atoms with Crippen LogP contribution in [0.2, 0.25) is 0 Å². The second-order valence-corrected chi connectivity index (χ2v) is 8.36. The fourth-order valence-electron chi connectivity index (χ4n) is 4.21. The predicted octanol–water partition coefficient (Wildman–Crippen LogP) is 4.62. The van der Waals surface area contributed by atoms with E-state index in [1.54, 1.807) is 37.3 Å². The van der Waals surface area contributed by atoms with Crippen molar-refractivity contribution in [3.8, 4) is 17.2 Å². The van der Waals surface area contributed by atoms with Gasteiger partial charge >= 0.3 is 5.97 Å². The number of nitrogens with zero attached hydrogens (tertiary/aromatic N) is 1. The number of aryl methyl sites for hydroxylation is 1. The fourth-order valence-corrected chi connectivity index (χ4v) is 4.21. The summed E-state index contributed by atoms with van der Waals surface area (Å²) in [5, 5.41) is 10.9. The Morgan fingerprint density at radius 1 is 1.22 bits per heavy atom. The molecule has 0 saturated carbocycles. The molecule has 0 radical (unpaired) electrons. The zero-order valence-electron chi connectivity index (χ0n) is 18.5. The number of hydrogen-bond acceptors (Lipinski definition) is 7. The first-order valence-corrected chi connectivity index (χ1v) is 10.7. The Hall–Kier alpha value is -3.32. The number of likely N-dealkylation sites (tertiary alicyclic amines) is 1. The average molecular weight is 437 g/mol. The minimum Gasteiger partial charge on any atom is -0.507 e. The van der Waals surface area contributed by atoms with E-state index in [2.05, 4.69) is 11.8 Å². The maximum Gasteiger partial charge on any atom is 0.337 e. The molecule has 4 rings (SSSR count). The molecule has 1 aromatic heterocycles. The van der Waals surface area contributed by atoms with Gasteiger partial charge in [0.15, 0.2) is 0 Å². The molecule has 7 nitrogen and oxygen atoms in total. The van der Waals surface area contributed by atoms with Crippen LogP contribution in [0.25, 0.3) is 11.0 Å². The Morgan fingerprint density at radius 2 is 1.97 bits per heavy atom. The summed E-state index contributed by atoms with van der Waals surface area (Å²) in [4.78, 5) is 27.1. The molecule has 7 heteroatoms. The number of esters is 1. The van der Waals surface area contributed by atoms with Crippen molar-refractivity contribution < 1.29 is 23.8 Å². The lowest BCUT2D eigenvalue weighted by Gasteiger charge is -2.31. The zero-order valence-corrected chi connectivity index (χ0v) is 18.5. The van der Waals surface area contributed by atoms with E-state index in [1.807, 2.05) is 0 Å². The van der Waals surface area contributed by atoms with E-state index < -0.39 is 5.97 Å². The number of ether oxygens (including phenoxy) is 2. The summed E-state index contributed by atoms with van der Waals surface area (Å²) < 4.78 is 16.5. The van der Waals surface area contributed by atoms with Crippen molar-refractivity contribution in [2.24, 2.45) is 5.92 Å². The SMILES string of the molecule is COC(=O)c1ccc(Oc2c(C)oc3c(CN4CCCC(C)C4)c(O)ccc3c2=O)cc1. The maximum absolute atomic E-state index is 13.2. The molecule has 0 aliphatic carbocycles. The van der Waals surface area contributed by atoms with Crippen LogP contribution >= 0.6 is 0 Å². The van der Waals surface area contributed by atoms with E-state index in [4.69, 9.17) is 13.9 Å². The minimum absolute atomic E-state index is 0.0755. The van der Waals surface area contributed by atoms with Gasteiger partial charge in [-0.2, -0.15) is 0 Å². The van der Waals surface area contributed by atoms with Gasteiger partial charge < -0.3 is 19.0 Å². The molecule has 0 amide bonds. The van der Waals surface area contributed by atoms with Gasteiger partial charge in [0.2, 0.25) is 11.2 Å². The lowest BCUT2D eigenvalue weighted by atomic mass is 9.99. The molecule has 1 aliphatic rings. The average Bonchev–Trinajstić information content (AvgIpc) is 2.78. The number of aromatic hydroxyl groups is 1. The monoisotopic (exact) mass is 437 g/mol. The number of methoxy groups -OCH3 is 1. The molecule has 0 bridgehead atoms. The van der Waals surface area contributed by atoms with Crippen molar-refractivity contribution in [3.05, 3.63) is 63.5 Å². The Balaban J connectivity index is 1.68. The number of phenolic OH excluding ortho intramolecular Hbond substituents is 1. The third kappa shape index (κ3) is 4.34. The van der Waals surface area contributed by atoms with Gasteiger partial charge in [-0.15, -0.1) is 0 Å². The van der Waals surface area contributed by atoms with Crippen LogP contribution in [0.1, 0.15) is 41.4 Å². The number of carbonyl (C=O) groups is 1. The summed E-state index contributed by atoms with van der Waals surface area (Å²) in [5.41, 5.74) is 1.08. The third-order valence-corrected chi connectivity index (χ3v) is 5.88. The zero-order chi connectivity index (χ0) is 22.8. The highest BCUT2D eigenvalue weighted by Gasteiger charge is 2.22. The van der Waals surface area contributed by atoms with Crippen molar-refractivity contribution in [2.75, 3.05) is 20.2 Å². The number of piperidine rings is 1. The number of phenols is 1. The standard InChI is InChI=1S/C25H27NO6/c1-15-5-4-12-26(13-15)14-20-21(27)11-10-19-22(28)23(16(2)31-24(19)20)32-18-8-6-17(7-9-18)25(29)30-3/h6-11,15,27H,4-5,12-14H2,1-3H3. The summed E-state index contributed by atoms with van der Waals surface area (Å²) in [6.45, 7) is 6.30. The van der Waals surface area contributed by atoms with Crippen LogP contribution in [0.15, 0.2) is 45.6 Å². The number of hydrogen-bond donors (Lipinski definition) is 1. The van der Waals surface area contributed by atoms with Crippen molar-refractivity contribution >= 4 is 16.9 Å². The van der Waals surface area contributed by atoms with Gasteiger partial charge in [-0.25, -0.2) is 4.79 Å². The summed E-state index contributed by atoms with van der Waals surface area (Å²) in [5.74, 6) is 1.05. The Labute approximate surface area is 186 Å². The molecule has 1 N–H and O–H groups in total. The number of fused-ring (bicyclic) bond motifs is 1. The van der Waals surface area contributed by atoms with Crippen LogP contribution < -0.4 is 10.2 Å². The van der Waals surface area contributed by atoms with E-state index in [1.165, 1.54) is 19.6 Å². The van der Waals surface area contributed by atoms with E-state index >= 15 is 0 Å². The summed E-state index contributed by atoms with van der Waals surface area (Å²) in [6.07, 6.45) is 2.32. The van der Waals surface area contributed by atoms with Gasteiger partial charge in [-0.1, -0.05) is 6.92 Å². The van der Waals surface area contributed by atoms with Crippen molar-refractivity contribution in [1.82, 2.24) is 4.90 Å². The van der Waals surface area contributed by atoms with E-state index in [0.717, 1.165) is 19.5 Å². The molecule has 1 aliphatic heterocycles. The lowest BCUT2D eigenvalue weighted by molar-refractivity contribution is 0.0600. The molecule has 1 atom stereocenters. The second kappa shape index (κ2) is 9.04. The molecular weight excluding hydrogens is 410 g/mol. The van der Waals surface area contributed by atoms with Gasteiger partial charge in [0.05, 0.1) is 23.6 Å². The molecule has 3 aromatic rings. The van der Waals surface area contributed by atoms with Gasteiger partial charge in [-0.05, 0) is 68.6 Å². The highest BCUT2D eigenvalue weighted by Crippen LogP contribution is 2.32. The number of benzene rings is 2.